The summed E-state index contributed by atoms with van der Waals surface area (Å²) >= 11 is 21.8. The van der Waals surface area contributed by atoms with E-state index in [2.05, 4.69) is 21.2 Å². The number of nitrogens with zero attached hydrogens (tertiary/aromatic N) is 1. The highest BCUT2D eigenvalue weighted by Gasteiger charge is 2.37. The number of halogens is 4. The van der Waals surface area contributed by atoms with Crippen LogP contribution < -0.4 is 15.0 Å². The van der Waals surface area contributed by atoms with Crippen molar-refractivity contribution in [3.8, 4) is 5.75 Å². The molecule has 0 atom stereocenters. The number of barbiturate groups is 1. The molecule has 1 aliphatic rings. The normalized spacial score (nSPS) is 15.0. The minimum atomic E-state index is -0.870. The predicted molar refractivity (Wildman–Crippen MR) is 135 cm³/mol. The molecule has 172 valence electrons. The van der Waals surface area contributed by atoms with Gasteiger partial charge in [0, 0.05) is 20.1 Å². The molecule has 0 aromatic heterocycles. The van der Waals surface area contributed by atoms with Gasteiger partial charge in [-0.2, -0.15) is 0 Å². The van der Waals surface area contributed by atoms with Crippen LogP contribution in [-0.2, 0) is 16.2 Å². The van der Waals surface area contributed by atoms with Crippen LogP contribution in [0.4, 0.5) is 10.5 Å². The molecule has 3 aromatic rings. The smallest absolute Gasteiger partial charge is 0.335 e. The average molecular weight is 581 g/mol. The van der Waals surface area contributed by atoms with E-state index in [1.807, 2.05) is 24.3 Å². The molecule has 10 heteroatoms. The van der Waals surface area contributed by atoms with Crippen molar-refractivity contribution in [3.05, 3.63) is 96.9 Å². The Hall–Kier alpha value is -2.84. The SMILES string of the molecule is O=C1NC(=O)N(c2ccc(Cl)cc2)C(=O)/C1=C/c1cc(Cl)cc(Cl)c1OCc1ccc(Br)cc1. The third kappa shape index (κ3) is 5.28. The second-order valence-electron chi connectivity index (χ2n) is 7.16. The van der Waals surface area contributed by atoms with Crippen molar-refractivity contribution < 1.29 is 19.1 Å². The van der Waals surface area contributed by atoms with Crippen LogP contribution in [0.1, 0.15) is 11.1 Å². The van der Waals surface area contributed by atoms with E-state index in [1.165, 1.54) is 42.5 Å². The zero-order valence-electron chi connectivity index (χ0n) is 17.2. The summed E-state index contributed by atoms with van der Waals surface area (Å²) in [6.45, 7) is 0.181. The number of amides is 4. The van der Waals surface area contributed by atoms with Crippen molar-refractivity contribution in [2.75, 3.05) is 4.90 Å². The van der Waals surface area contributed by atoms with Crippen molar-refractivity contribution in [2.24, 2.45) is 0 Å². The van der Waals surface area contributed by atoms with E-state index in [0.29, 0.717) is 10.6 Å². The summed E-state index contributed by atoms with van der Waals surface area (Å²) in [6, 6.07) is 15.7. The Bertz CT molecular complexity index is 1330. The molecular weight excluding hydrogens is 567 g/mol. The van der Waals surface area contributed by atoms with Gasteiger partial charge in [0.1, 0.15) is 17.9 Å². The predicted octanol–water partition coefficient (Wildman–Crippen LogP) is 6.65. The number of urea groups is 1. The summed E-state index contributed by atoms with van der Waals surface area (Å²) in [5, 5.41) is 3.08. The van der Waals surface area contributed by atoms with E-state index >= 15 is 0 Å². The first-order chi connectivity index (χ1) is 16.2. The molecule has 4 rings (SSSR count). The number of carbonyl (C=O) groups excluding carboxylic acids is 3. The number of ether oxygens (including phenoxy) is 1. The molecule has 0 bridgehead atoms. The number of carbonyl (C=O) groups is 3. The third-order valence-electron chi connectivity index (χ3n) is 4.82. The molecule has 4 amide bonds. The van der Waals surface area contributed by atoms with Crippen LogP contribution in [0.25, 0.3) is 6.08 Å². The highest BCUT2D eigenvalue weighted by Crippen LogP contribution is 2.35. The molecule has 1 aliphatic heterocycles. The maximum Gasteiger partial charge on any atom is 0.335 e. The molecular formula is C24H14BrCl3N2O4. The first kappa shape index (κ1) is 24.3. The Kier molecular flexibility index (Phi) is 7.28. The monoisotopic (exact) mass is 578 g/mol. The lowest BCUT2D eigenvalue weighted by molar-refractivity contribution is -0.122. The van der Waals surface area contributed by atoms with Crippen molar-refractivity contribution in [1.29, 1.82) is 0 Å². The van der Waals surface area contributed by atoms with Crippen LogP contribution in [0.15, 0.2) is 70.7 Å². The summed E-state index contributed by atoms with van der Waals surface area (Å²) in [5.41, 5.74) is 1.14. The Balaban J connectivity index is 1.70. The molecule has 0 spiro atoms. The summed E-state index contributed by atoms with van der Waals surface area (Å²) < 4.78 is 6.84. The fourth-order valence-corrected chi connectivity index (χ4v) is 4.17. The van der Waals surface area contributed by atoms with Gasteiger partial charge in [-0.05, 0) is 60.2 Å². The largest absolute Gasteiger partial charge is 0.487 e. The lowest BCUT2D eigenvalue weighted by Crippen LogP contribution is -2.54. The van der Waals surface area contributed by atoms with Crippen LogP contribution in [0.2, 0.25) is 15.1 Å². The van der Waals surface area contributed by atoms with E-state index in [9.17, 15) is 14.4 Å². The first-order valence-electron chi connectivity index (χ1n) is 9.76. The molecule has 34 heavy (non-hydrogen) atoms. The summed E-state index contributed by atoms with van der Waals surface area (Å²) in [7, 11) is 0. The van der Waals surface area contributed by atoms with Crippen molar-refractivity contribution >= 4 is 80.3 Å². The van der Waals surface area contributed by atoms with Gasteiger partial charge in [-0.1, -0.05) is 62.9 Å². The third-order valence-corrected chi connectivity index (χ3v) is 6.10. The molecule has 0 unspecified atom stereocenters. The zero-order chi connectivity index (χ0) is 24.4. The number of nitrogens with one attached hydrogen (secondary N) is 1. The lowest BCUT2D eigenvalue weighted by Gasteiger charge is -2.26. The molecule has 6 nitrogen and oxygen atoms in total. The average Bonchev–Trinajstić information content (AvgIpc) is 2.78. The fraction of sp³-hybridized carbons (Fsp3) is 0.0417. The van der Waals surface area contributed by atoms with Gasteiger partial charge in [0.05, 0.1) is 10.7 Å². The number of hydrogen-bond acceptors (Lipinski definition) is 4. The topological polar surface area (TPSA) is 75.7 Å². The molecule has 1 heterocycles. The Morgan fingerprint density at radius 2 is 1.59 bits per heavy atom. The van der Waals surface area contributed by atoms with Gasteiger partial charge in [0.2, 0.25) is 0 Å². The van der Waals surface area contributed by atoms with Gasteiger partial charge in [0.15, 0.2) is 0 Å². The van der Waals surface area contributed by atoms with Crippen LogP contribution in [0, 0.1) is 0 Å². The quantitative estimate of drug-likeness (QED) is 0.271. The summed E-state index contributed by atoms with van der Waals surface area (Å²) in [6.07, 6.45) is 1.29. The minimum absolute atomic E-state index is 0.181. The van der Waals surface area contributed by atoms with E-state index in [1.54, 1.807) is 0 Å². The van der Waals surface area contributed by atoms with E-state index in [4.69, 9.17) is 39.5 Å². The van der Waals surface area contributed by atoms with Gasteiger partial charge >= 0.3 is 6.03 Å². The van der Waals surface area contributed by atoms with Crippen LogP contribution in [0.5, 0.6) is 5.75 Å². The van der Waals surface area contributed by atoms with Crippen LogP contribution >= 0.6 is 50.7 Å². The lowest BCUT2D eigenvalue weighted by atomic mass is 10.1. The van der Waals surface area contributed by atoms with Crippen molar-refractivity contribution in [2.45, 2.75) is 6.61 Å². The number of benzene rings is 3. The standard InChI is InChI=1S/C24H14BrCl3N2O4/c25-15-3-1-13(2-4-15)12-34-21-14(9-17(27)11-20(21)28)10-19-22(31)29-24(33)30(23(19)32)18-7-5-16(26)6-8-18/h1-11H,12H2,(H,29,31,33)/b19-10+. The van der Waals surface area contributed by atoms with Crippen LogP contribution in [-0.4, -0.2) is 17.8 Å². The van der Waals surface area contributed by atoms with E-state index < -0.39 is 17.8 Å². The summed E-state index contributed by atoms with van der Waals surface area (Å²) in [5.74, 6) is -1.43. The summed E-state index contributed by atoms with van der Waals surface area (Å²) in [4.78, 5) is 39.0. The molecule has 1 fully saturated rings. The molecule has 3 aromatic carbocycles. The van der Waals surface area contributed by atoms with Crippen molar-refractivity contribution in [1.82, 2.24) is 5.32 Å². The second-order valence-corrected chi connectivity index (χ2v) is 9.35. The zero-order valence-corrected chi connectivity index (χ0v) is 21.0. The van der Waals surface area contributed by atoms with Gasteiger partial charge < -0.3 is 4.74 Å². The van der Waals surface area contributed by atoms with Gasteiger partial charge in [-0.3, -0.25) is 14.9 Å². The fourth-order valence-electron chi connectivity index (χ4n) is 3.21. The molecule has 0 aliphatic carbocycles. The van der Waals surface area contributed by atoms with Crippen molar-refractivity contribution in [3.63, 3.8) is 0 Å². The molecule has 1 saturated heterocycles. The Morgan fingerprint density at radius 3 is 2.26 bits per heavy atom. The molecule has 1 N–H and O–H groups in total. The number of hydrogen-bond donors (Lipinski definition) is 1. The highest BCUT2D eigenvalue weighted by atomic mass is 79.9. The van der Waals surface area contributed by atoms with Gasteiger partial charge in [-0.25, -0.2) is 9.69 Å². The Labute approximate surface area is 218 Å². The minimum Gasteiger partial charge on any atom is -0.487 e. The molecule has 0 saturated carbocycles. The number of rotatable bonds is 5. The highest BCUT2D eigenvalue weighted by molar-refractivity contribution is 9.10. The number of imide groups is 2. The first-order valence-corrected chi connectivity index (χ1v) is 11.7. The number of anilines is 1. The molecule has 0 radical (unpaired) electrons. The maximum absolute atomic E-state index is 13.2. The Morgan fingerprint density at radius 1 is 0.912 bits per heavy atom. The second kappa shape index (κ2) is 10.2. The van der Waals surface area contributed by atoms with Gasteiger partial charge in [0.25, 0.3) is 11.8 Å². The van der Waals surface area contributed by atoms with E-state index in [0.717, 1.165) is 14.9 Å². The van der Waals surface area contributed by atoms with Crippen LogP contribution in [0.3, 0.4) is 0 Å². The van der Waals surface area contributed by atoms with Gasteiger partial charge in [-0.15, -0.1) is 0 Å². The van der Waals surface area contributed by atoms with E-state index in [-0.39, 0.29) is 33.7 Å². The maximum atomic E-state index is 13.2.